The number of carbonyl (C=O) groups excluding carboxylic acids is 2. The van der Waals surface area contributed by atoms with E-state index in [0.717, 1.165) is 24.3 Å². The number of benzene rings is 2. The molecule has 2 N–H and O–H groups in total. The van der Waals surface area contributed by atoms with Gasteiger partial charge in [0.2, 0.25) is 5.88 Å². The Morgan fingerprint density at radius 3 is 2.47 bits per heavy atom. The number of amides is 1. The molecule has 0 aliphatic carbocycles. The average molecular weight is 538 g/mol. The lowest BCUT2D eigenvalue weighted by Gasteiger charge is -2.09. The van der Waals surface area contributed by atoms with Gasteiger partial charge in [0.1, 0.15) is 22.2 Å². The summed E-state index contributed by atoms with van der Waals surface area (Å²) in [6.45, 7) is 1.62. The highest BCUT2D eigenvalue weighted by molar-refractivity contribution is 6.36. The number of halogens is 5. The molecule has 0 saturated carbocycles. The number of nitrogens with zero attached hydrogens (tertiary/aromatic N) is 1. The monoisotopic (exact) mass is 537 g/mol. The second kappa shape index (κ2) is 11.2. The van der Waals surface area contributed by atoms with Gasteiger partial charge in [-0.1, -0.05) is 35.3 Å². The summed E-state index contributed by atoms with van der Waals surface area (Å²) in [5, 5.41) is 14.7. The van der Waals surface area contributed by atoms with E-state index < -0.39 is 29.2 Å². The van der Waals surface area contributed by atoms with E-state index in [1.807, 2.05) is 0 Å². The number of furan rings is 1. The lowest BCUT2D eigenvalue weighted by atomic mass is 10.1. The van der Waals surface area contributed by atoms with Crippen molar-refractivity contribution in [1.82, 2.24) is 0 Å². The topological polar surface area (TPSA) is 104 Å². The largest absolute Gasteiger partial charge is 0.462 e. The highest BCUT2D eigenvalue weighted by Crippen LogP contribution is 2.36. The smallest absolute Gasteiger partial charge is 0.416 e. The number of nitrogens with one attached hydrogen (secondary N) is 2. The summed E-state index contributed by atoms with van der Waals surface area (Å²) in [4.78, 5) is 25.1. The van der Waals surface area contributed by atoms with Crippen molar-refractivity contribution in [3.63, 3.8) is 0 Å². The SMILES string of the molecule is CCOC(=O)c1c(Nc2cccc(Cl)c2)oc(/C=C(\C#N)C(=O)Nc2cccc(C(F)(F)F)c2)c1Cl. The molecule has 3 aromatic rings. The van der Waals surface area contributed by atoms with Gasteiger partial charge in [0, 0.05) is 22.5 Å². The Morgan fingerprint density at radius 2 is 1.83 bits per heavy atom. The first-order valence-electron chi connectivity index (χ1n) is 10.2. The number of alkyl halides is 3. The Morgan fingerprint density at radius 1 is 1.14 bits per heavy atom. The third-order valence-corrected chi connectivity index (χ3v) is 5.14. The maximum Gasteiger partial charge on any atom is 0.416 e. The Balaban J connectivity index is 1.96. The molecule has 0 fully saturated rings. The van der Waals surface area contributed by atoms with Gasteiger partial charge in [-0.05, 0) is 43.3 Å². The molecule has 0 unspecified atom stereocenters. The Hall–Kier alpha value is -3.94. The molecule has 3 rings (SSSR count). The van der Waals surface area contributed by atoms with E-state index in [9.17, 15) is 28.0 Å². The molecule has 7 nitrogen and oxygen atoms in total. The summed E-state index contributed by atoms with van der Waals surface area (Å²) >= 11 is 12.3. The Bertz CT molecular complexity index is 1380. The molecule has 0 atom stereocenters. The molecular weight excluding hydrogens is 522 g/mol. The van der Waals surface area contributed by atoms with Crippen LogP contribution in [0.3, 0.4) is 0 Å². The van der Waals surface area contributed by atoms with Crippen LogP contribution in [0, 0.1) is 11.3 Å². The van der Waals surface area contributed by atoms with E-state index >= 15 is 0 Å². The van der Waals surface area contributed by atoms with Gasteiger partial charge in [-0.15, -0.1) is 0 Å². The lowest BCUT2D eigenvalue weighted by Crippen LogP contribution is -2.14. The van der Waals surface area contributed by atoms with Gasteiger partial charge in [-0.25, -0.2) is 4.79 Å². The number of esters is 1. The summed E-state index contributed by atoms with van der Waals surface area (Å²) in [5.41, 5.74) is -1.46. The van der Waals surface area contributed by atoms with Gasteiger partial charge in [0.15, 0.2) is 5.76 Å². The van der Waals surface area contributed by atoms with Crippen LogP contribution in [0.1, 0.15) is 28.6 Å². The predicted molar refractivity (Wildman–Crippen MR) is 128 cm³/mol. The zero-order valence-corrected chi connectivity index (χ0v) is 19.9. The minimum absolute atomic E-state index is 0.0327. The first-order chi connectivity index (χ1) is 17.0. The number of carbonyl (C=O) groups is 2. The van der Waals surface area contributed by atoms with Gasteiger partial charge in [0.05, 0.1) is 12.2 Å². The molecule has 0 spiro atoms. The number of anilines is 3. The molecule has 0 radical (unpaired) electrons. The minimum Gasteiger partial charge on any atom is -0.462 e. The van der Waals surface area contributed by atoms with Gasteiger partial charge in [-0.2, -0.15) is 18.4 Å². The molecule has 0 aliphatic rings. The zero-order chi connectivity index (χ0) is 26.5. The van der Waals surface area contributed by atoms with E-state index in [1.165, 1.54) is 6.07 Å². The van der Waals surface area contributed by atoms with Crippen LogP contribution in [0.15, 0.2) is 58.5 Å². The third-order valence-electron chi connectivity index (χ3n) is 4.53. The Labute approximate surface area is 213 Å². The van der Waals surface area contributed by atoms with Crippen LogP contribution in [0.4, 0.5) is 30.4 Å². The van der Waals surface area contributed by atoms with E-state index in [1.54, 1.807) is 37.3 Å². The van der Waals surface area contributed by atoms with Crippen molar-refractivity contribution in [2.24, 2.45) is 0 Å². The minimum atomic E-state index is -4.62. The number of nitriles is 1. The van der Waals surface area contributed by atoms with Gasteiger partial charge < -0.3 is 19.8 Å². The molecule has 0 bridgehead atoms. The lowest BCUT2D eigenvalue weighted by molar-refractivity contribution is -0.137. The Kier molecular flexibility index (Phi) is 8.29. The first-order valence-corrected chi connectivity index (χ1v) is 10.9. The standard InChI is InChI=1S/C24H16Cl2F3N3O4/c1-2-35-23(34)19-20(26)18(36-22(19)32-17-8-4-6-15(25)11-17)9-13(12-30)21(33)31-16-7-3-5-14(10-16)24(27,28)29/h3-11,32H,2H2,1H3,(H,31,33)/b13-9+. The van der Waals surface area contributed by atoms with Crippen molar-refractivity contribution < 1.29 is 31.9 Å². The highest BCUT2D eigenvalue weighted by atomic mass is 35.5. The highest BCUT2D eigenvalue weighted by Gasteiger charge is 2.31. The number of rotatable bonds is 7. The van der Waals surface area contributed by atoms with Crippen molar-refractivity contribution in [3.05, 3.63) is 81.0 Å². The van der Waals surface area contributed by atoms with Crippen molar-refractivity contribution in [2.45, 2.75) is 13.1 Å². The number of ether oxygens (including phenoxy) is 1. The summed E-state index contributed by atoms with van der Waals surface area (Å²) in [7, 11) is 0. The quantitative estimate of drug-likeness (QED) is 0.189. The molecule has 186 valence electrons. The van der Waals surface area contributed by atoms with Crippen molar-refractivity contribution in [2.75, 3.05) is 17.2 Å². The molecule has 1 aromatic heterocycles. The van der Waals surface area contributed by atoms with Crippen molar-refractivity contribution in [3.8, 4) is 6.07 Å². The molecule has 0 aliphatic heterocycles. The predicted octanol–water partition coefficient (Wildman–Crippen LogP) is 7.07. The third kappa shape index (κ3) is 6.38. The summed E-state index contributed by atoms with van der Waals surface area (Å²) in [5.74, 6) is -2.23. The normalized spacial score (nSPS) is 11.5. The second-order valence-corrected chi connectivity index (χ2v) is 7.86. The van der Waals surface area contributed by atoms with Crippen molar-refractivity contribution >= 4 is 58.4 Å². The fourth-order valence-corrected chi connectivity index (χ4v) is 3.39. The summed E-state index contributed by atoms with van der Waals surface area (Å²) in [6, 6.07) is 12.0. The first kappa shape index (κ1) is 26.7. The maximum absolute atomic E-state index is 12.9. The van der Waals surface area contributed by atoms with Crippen LogP contribution in [-0.4, -0.2) is 18.5 Å². The van der Waals surface area contributed by atoms with Crippen LogP contribution < -0.4 is 10.6 Å². The maximum atomic E-state index is 12.9. The van der Waals surface area contributed by atoms with Crippen LogP contribution in [-0.2, 0) is 15.7 Å². The van der Waals surface area contributed by atoms with Crippen LogP contribution in [0.2, 0.25) is 10.0 Å². The average Bonchev–Trinajstić information content (AvgIpc) is 3.11. The number of hydrogen-bond acceptors (Lipinski definition) is 6. The molecule has 1 amide bonds. The molecule has 36 heavy (non-hydrogen) atoms. The van der Waals surface area contributed by atoms with E-state index in [-0.39, 0.29) is 34.5 Å². The van der Waals surface area contributed by atoms with Crippen LogP contribution in [0.25, 0.3) is 6.08 Å². The van der Waals surface area contributed by atoms with E-state index in [4.69, 9.17) is 32.4 Å². The van der Waals surface area contributed by atoms with Crippen LogP contribution >= 0.6 is 23.2 Å². The zero-order valence-electron chi connectivity index (χ0n) is 18.4. The molecule has 0 saturated heterocycles. The van der Waals surface area contributed by atoms with E-state index in [0.29, 0.717) is 10.7 Å². The van der Waals surface area contributed by atoms with Crippen molar-refractivity contribution in [1.29, 1.82) is 5.26 Å². The van der Waals surface area contributed by atoms with Gasteiger partial charge in [-0.3, -0.25) is 4.79 Å². The number of hydrogen-bond donors (Lipinski definition) is 2. The van der Waals surface area contributed by atoms with Gasteiger partial charge >= 0.3 is 12.1 Å². The fraction of sp³-hybridized carbons (Fsp3) is 0.125. The fourth-order valence-electron chi connectivity index (χ4n) is 2.94. The van der Waals surface area contributed by atoms with E-state index in [2.05, 4.69) is 10.6 Å². The van der Waals surface area contributed by atoms with Gasteiger partial charge in [0.25, 0.3) is 5.91 Å². The second-order valence-electron chi connectivity index (χ2n) is 7.04. The molecule has 1 heterocycles. The molecular formula is C24H16Cl2F3N3O4. The van der Waals surface area contributed by atoms with Crippen LogP contribution in [0.5, 0.6) is 0 Å². The molecule has 2 aromatic carbocycles. The summed E-state index contributed by atoms with van der Waals surface area (Å²) in [6.07, 6.45) is -3.66. The summed E-state index contributed by atoms with van der Waals surface area (Å²) < 4.78 is 49.5. The molecule has 12 heteroatoms.